The van der Waals surface area contributed by atoms with E-state index in [0.717, 1.165) is 23.8 Å². The van der Waals surface area contributed by atoms with Crippen molar-refractivity contribution in [2.45, 2.75) is 42.5 Å². The molecular weight excluding hydrogens is 597 g/mol. The average Bonchev–Trinajstić information content (AvgIpc) is 3.51. The van der Waals surface area contributed by atoms with E-state index in [9.17, 15) is 13.2 Å². The van der Waals surface area contributed by atoms with Crippen molar-refractivity contribution in [2.24, 2.45) is 5.73 Å². The number of hydrogen-bond donors (Lipinski definition) is 1. The van der Waals surface area contributed by atoms with E-state index in [4.69, 9.17) is 31.5 Å². The summed E-state index contributed by atoms with van der Waals surface area (Å²) in [5.41, 5.74) is 4.82. The highest BCUT2D eigenvalue weighted by Crippen LogP contribution is 2.54. The maximum atomic E-state index is 15.7. The quantitative estimate of drug-likeness (QED) is 0.323. The SMILES string of the molecule is CCOc1ccc(S(=O)(=O)N2C(=O)C(CCCN3CC[C@@H](N)C3)(c3ccccc3F)c3cc(Cl)c(OC)cc32)cc1OC. The first-order valence-electron chi connectivity index (χ1n) is 14.1. The number of methoxy groups -OCH3 is 2. The number of halogens is 2. The van der Waals surface area contributed by atoms with Gasteiger partial charge in [0, 0.05) is 30.3 Å². The zero-order valence-corrected chi connectivity index (χ0v) is 25.9. The summed E-state index contributed by atoms with van der Waals surface area (Å²) in [6.07, 6.45) is 1.47. The zero-order valence-electron chi connectivity index (χ0n) is 24.3. The minimum Gasteiger partial charge on any atom is -0.495 e. The molecule has 1 saturated heterocycles. The molecule has 0 saturated carbocycles. The highest BCUT2D eigenvalue weighted by molar-refractivity contribution is 7.93. The van der Waals surface area contributed by atoms with Crippen LogP contribution in [0.25, 0.3) is 0 Å². The molecule has 1 unspecified atom stereocenters. The monoisotopic (exact) mass is 631 g/mol. The number of likely N-dealkylation sites (tertiary alicyclic amines) is 1. The molecule has 43 heavy (non-hydrogen) atoms. The lowest BCUT2D eigenvalue weighted by Gasteiger charge is -2.30. The molecule has 0 aromatic heterocycles. The topological polar surface area (TPSA) is 111 Å². The van der Waals surface area contributed by atoms with Crippen molar-refractivity contribution in [2.75, 3.05) is 44.8 Å². The van der Waals surface area contributed by atoms with Gasteiger partial charge < -0.3 is 24.8 Å². The van der Waals surface area contributed by atoms with Gasteiger partial charge in [0.1, 0.15) is 17.0 Å². The number of fused-ring (bicyclic) bond motifs is 1. The summed E-state index contributed by atoms with van der Waals surface area (Å²) in [5, 5.41) is 0.169. The molecule has 2 atom stereocenters. The Balaban J connectivity index is 1.69. The Bertz CT molecular complexity index is 1640. The maximum absolute atomic E-state index is 15.7. The molecule has 9 nitrogen and oxygen atoms in total. The Morgan fingerprint density at radius 2 is 1.79 bits per heavy atom. The molecule has 3 aromatic carbocycles. The van der Waals surface area contributed by atoms with E-state index < -0.39 is 27.2 Å². The second-order valence-corrected chi connectivity index (χ2v) is 12.9. The number of anilines is 1. The van der Waals surface area contributed by atoms with Crippen molar-refractivity contribution in [3.8, 4) is 17.2 Å². The lowest BCUT2D eigenvalue weighted by Crippen LogP contribution is -2.45. The summed E-state index contributed by atoms with van der Waals surface area (Å²) >= 11 is 6.58. The van der Waals surface area contributed by atoms with Crippen molar-refractivity contribution >= 4 is 33.2 Å². The molecule has 0 aliphatic carbocycles. The summed E-state index contributed by atoms with van der Waals surface area (Å²) in [5.74, 6) is -0.713. The van der Waals surface area contributed by atoms with E-state index in [1.54, 1.807) is 13.0 Å². The number of ether oxygens (including phenoxy) is 3. The van der Waals surface area contributed by atoms with Gasteiger partial charge in [-0.15, -0.1) is 0 Å². The van der Waals surface area contributed by atoms with Gasteiger partial charge in [-0.05, 0) is 69.1 Å². The van der Waals surface area contributed by atoms with E-state index in [1.807, 2.05) is 0 Å². The highest BCUT2D eigenvalue weighted by Gasteiger charge is 2.57. The predicted molar refractivity (Wildman–Crippen MR) is 162 cm³/mol. The van der Waals surface area contributed by atoms with Gasteiger partial charge in [-0.1, -0.05) is 29.8 Å². The number of nitrogens with two attached hydrogens (primary N) is 1. The Morgan fingerprint density at radius 1 is 1.05 bits per heavy atom. The van der Waals surface area contributed by atoms with Gasteiger partial charge in [-0.25, -0.2) is 17.1 Å². The van der Waals surface area contributed by atoms with Crippen molar-refractivity contribution in [3.05, 3.63) is 76.6 Å². The molecule has 1 amide bonds. The van der Waals surface area contributed by atoms with Crippen molar-refractivity contribution in [1.29, 1.82) is 0 Å². The first kappa shape index (κ1) is 31.1. The summed E-state index contributed by atoms with van der Waals surface area (Å²) in [6.45, 7) is 4.29. The van der Waals surface area contributed by atoms with Crippen molar-refractivity contribution < 1.29 is 31.8 Å². The lowest BCUT2D eigenvalue weighted by atomic mass is 9.72. The number of benzene rings is 3. The van der Waals surface area contributed by atoms with E-state index in [0.29, 0.717) is 25.3 Å². The summed E-state index contributed by atoms with van der Waals surface area (Å²) in [4.78, 5) is 16.8. The minimum atomic E-state index is -4.54. The molecule has 5 rings (SSSR count). The number of hydrogen-bond acceptors (Lipinski definition) is 8. The fourth-order valence-electron chi connectivity index (χ4n) is 6.11. The predicted octanol–water partition coefficient (Wildman–Crippen LogP) is 4.73. The van der Waals surface area contributed by atoms with E-state index in [-0.39, 0.29) is 50.7 Å². The Kier molecular flexibility index (Phi) is 8.89. The second-order valence-electron chi connectivity index (χ2n) is 10.7. The van der Waals surface area contributed by atoms with Crippen LogP contribution in [0.2, 0.25) is 5.02 Å². The van der Waals surface area contributed by atoms with E-state index in [1.165, 1.54) is 62.8 Å². The number of sulfonamides is 1. The summed E-state index contributed by atoms with van der Waals surface area (Å²) in [6, 6.07) is 13.1. The van der Waals surface area contributed by atoms with Gasteiger partial charge in [-0.2, -0.15) is 0 Å². The number of rotatable bonds is 11. The van der Waals surface area contributed by atoms with Crippen LogP contribution in [0.5, 0.6) is 17.2 Å². The largest absolute Gasteiger partial charge is 0.495 e. The minimum absolute atomic E-state index is 0.0468. The van der Waals surface area contributed by atoms with Crippen molar-refractivity contribution in [1.82, 2.24) is 4.90 Å². The third kappa shape index (κ3) is 5.43. The molecular formula is C31H35ClFN3O6S. The average molecular weight is 632 g/mol. The van der Waals surface area contributed by atoms with Gasteiger partial charge in [-0.3, -0.25) is 4.79 Å². The van der Waals surface area contributed by atoms with Crippen LogP contribution >= 0.6 is 11.6 Å². The molecule has 1 fully saturated rings. The second kappa shape index (κ2) is 12.3. The molecule has 2 aliphatic heterocycles. The molecule has 2 heterocycles. The highest BCUT2D eigenvalue weighted by atomic mass is 35.5. The van der Waals surface area contributed by atoms with Crippen LogP contribution in [0.4, 0.5) is 10.1 Å². The van der Waals surface area contributed by atoms with Gasteiger partial charge in [0.15, 0.2) is 11.5 Å². The van der Waals surface area contributed by atoms with Crippen LogP contribution in [-0.2, 0) is 20.2 Å². The lowest BCUT2D eigenvalue weighted by molar-refractivity contribution is -0.121. The number of carbonyl (C=O) groups is 1. The molecule has 12 heteroatoms. The smallest absolute Gasteiger partial charge is 0.271 e. The summed E-state index contributed by atoms with van der Waals surface area (Å²) < 4.78 is 61.5. The molecule has 0 radical (unpaired) electrons. The fourth-order valence-corrected chi connectivity index (χ4v) is 7.84. The number of amides is 1. The van der Waals surface area contributed by atoms with Crippen LogP contribution in [0, 0.1) is 5.82 Å². The van der Waals surface area contributed by atoms with Crippen LogP contribution in [0.15, 0.2) is 59.5 Å². The standard InChI is InChI=1S/C31H35ClFN3O6S/c1-4-42-27-11-10-21(16-29(27)41-3)43(38,39)36-26-18-28(40-2)24(32)17-23(26)31(30(36)37,22-8-5-6-9-25(22)33)13-7-14-35-15-12-20(34)19-35/h5-6,8-11,16-18,20H,4,7,12-15,19,34H2,1-3H3/t20-,31?/m1/s1. The third-order valence-electron chi connectivity index (χ3n) is 8.14. The molecule has 0 bridgehead atoms. The first-order valence-corrected chi connectivity index (χ1v) is 15.9. The van der Waals surface area contributed by atoms with Gasteiger partial charge >= 0.3 is 0 Å². The molecule has 3 aromatic rings. The Morgan fingerprint density at radius 3 is 2.44 bits per heavy atom. The van der Waals surface area contributed by atoms with Crippen molar-refractivity contribution in [3.63, 3.8) is 0 Å². The Hall–Kier alpha value is -3.38. The first-order chi connectivity index (χ1) is 20.6. The molecule has 2 aliphatic rings. The van der Waals surface area contributed by atoms with Crippen LogP contribution in [0.1, 0.15) is 37.3 Å². The van der Waals surface area contributed by atoms with Crippen LogP contribution < -0.4 is 24.2 Å². The number of carbonyl (C=O) groups excluding carboxylic acids is 1. The zero-order chi connectivity index (χ0) is 30.9. The van der Waals surface area contributed by atoms with Gasteiger partial charge in [0.2, 0.25) is 0 Å². The third-order valence-corrected chi connectivity index (χ3v) is 10.1. The molecule has 2 N–H and O–H groups in total. The Labute approximate surface area is 256 Å². The normalized spacial score (nSPS) is 20.4. The van der Waals surface area contributed by atoms with Gasteiger partial charge in [0.25, 0.3) is 15.9 Å². The maximum Gasteiger partial charge on any atom is 0.271 e. The summed E-state index contributed by atoms with van der Waals surface area (Å²) in [7, 11) is -1.75. The van der Waals surface area contributed by atoms with Gasteiger partial charge in [0.05, 0.1) is 36.4 Å². The molecule has 0 spiro atoms. The number of nitrogens with zero attached hydrogens (tertiary/aromatic N) is 2. The fraction of sp³-hybridized carbons (Fsp3) is 0.387. The van der Waals surface area contributed by atoms with Crippen LogP contribution in [-0.4, -0.2) is 65.7 Å². The van der Waals surface area contributed by atoms with E-state index >= 15 is 4.39 Å². The van der Waals surface area contributed by atoms with Crippen LogP contribution in [0.3, 0.4) is 0 Å². The molecule has 230 valence electrons. The van der Waals surface area contributed by atoms with E-state index in [2.05, 4.69) is 4.90 Å².